The Kier molecular flexibility index (Phi) is 3.83. The highest BCUT2D eigenvalue weighted by atomic mass is 32.2. The van der Waals surface area contributed by atoms with Crippen LogP contribution in [-0.4, -0.2) is 28.0 Å². The summed E-state index contributed by atoms with van der Waals surface area (Å²) in [5.41, 5.74) is 0.724. The van der Waals surface area contributed by atoms with Gasteiger partial charge in [-0.15, -0.1) is 0 Å². The number of hydrogen-bond acceptors (Lipinski definition) is 6. The van der Waals surface area contributed by atoms with Gasteiger partial charge in [0.25, 0.3) is 0 Å². The fourth-order valence-electron chi connectivity index (χ4n) is 1.49. The van der Waals surface area contributed by atoms with Crippen LogP contribution < -0.4 is 15.7 Å². The Morgan fingerprint density at radius 3 is 2.94 bits per heavy atom. The highest BCUT2D eigenvalue weighted by molar-refractivity contribution is 8.24. The molecule has 0 aliphatic carbocycles. The van der Waals surface area contributed by atoms with Crippen molar-refractivity contribution in [3.05, 3.63) is 29.8 Å². The number of hydrogen-bond donors (Lipinski definition) is 2. The number of anilines is 1. The van der Waals surface area contributed by atoms with Crippen LogP contribution in [0.2, 0.25) is 0 Å². The Hall–Kier alpha value is -1.60. The predicted octanol–water partition coefficient (Wildman–Crippen LogP) is -0.0215. The summed E-state index contributed by atoms with van der Waals surface area (Å²) >= 11 is 6.16. The first-order valence-corrected chi connectivity index (χ1v) is 6.42. The number of aromatic carboxylic acids is 1. The van der Waals surface area contributed by atoms with Gasteiger partial charge in [-0.3, -0.25) is 4.79 Å². The van der Waals surface area contributed by atoms with Crippen molar-refractivity contribution in [3.8, 4) is 0 Å². The van der Waals surface area contributed by atoms with Crippen LogP contribution in [0.3, 0.4) is 0 Å². The molecular weight excluding hydrogens is 272 g/mol. The number of carboxylic acids is 1. The van der Waals surface area contributed by atoms with Crippen LogP contribution in [0.5, 0.6) is 0 Å². The molecule has 7 heteroatoms. The average molecular weight is 281 g/mol. The number of benzene rings is 1. The minimum atomic E-state index is -1.23. The van der Waals surface area contributed by atoms with E-state index in [4.69, 9.17) is 12.2 Å². The molecule has 1 aromatic carbocycles. The summed E-state index contributed by atoms with van der Waals surface area (Å²) < 4.78 is 0.468. The Morgan fingerprint density at radius 2 is 2.33 bits per heavy atom. The molecule has 1 heterocycles. The van der Waals surface area contributed by atoms with Gasteiger partial charge in [0.05, 0.1) is 5.97 Å². The van der Waals surface area contributed by atoms with Crippen LogP contribution in [0.15, 0.2) is 24.3 Å². The minimum absolute atomic E-state index is 0.0963. The van der Waals surface area contributed by atoms with E-state index in [0.717, 1.165) is 0 Å². The molecule has 0 saturated carbocycles. The Balaban J connectivity index is 1.98. The number of rotatable bonds is 4. The molecule has 0 aromatic heterocycles. The third-order valence-corrected chi connectivity index (χ3v) is 3.73. The van der Waals surface area contributed by atoms with Crippen molar-refractivity contribution in [3.63, 3.8) is 0 Å². The molecule has 0 unspecified atom stereocenters. The van der Waals surface area contributed by atoms with Crippen molar-refractivity contribution in [2.24, 2.45) is 0 Å². The summed E-state index contributed by atoms with van der Waals surface area (Å²) in [6.45, 7) is 0.382. The summed E-state index contributed by atoms with van der Waals surface area (Å²) in [4.78, 5) is 22.1. The van der Waals surface area contributed by atoms with Crippen molar-refractivity contribution >= 4 is 45.9 Å². The monoisotopic (exact) mass is 281 g/mol. The maximum atomic E-state index is 11.4. The summed E-state index contributed by atoms with van der Waals surface area (Å²) in [5, 5.41) is 15.9. The molecule has 1 aliphatic rings. The largest absolute Gasteiger partial charge is 0.545 e. The lowest BCUT2D eigenvalue weighted by Crippen LogP contribution is -2.29. The first kappa shape index (κ1) is 12.8. The van der Waals surface area contributed by atoms with Gasteiger partial charge in [-0.2, -0.15) is 0 Å². The van der Waals surface area contributed by atoms with E-state index < -0.39 is 5.97 Å². The van der Waals surface area contributed by atoms with Crippen LogP contribution in [0.25, 0.3) is 0 Å². The molecule has 1 atom stereocenters. The lowest BCUT2D eigenvalue weighted by molar-refractivity contribution is -0.255. The smallest absolute Gasteiger partial charge is 0.240 e. The normalized spacial score (nSPS) is 18.6. The first-order chi connectivity index (χ1) is 8.56. The molecule has 2 rings (SSSR count). The van der Waals surface area contributed by atoms with E-state index in [0.29, 0.717) is 16.6 Å². The minimum Gasteiger partial charge on any atom is -0.545 e. The highest BCUT2D eigenvalue weighted by Crippen LogP contribution is 2.20. The molecule has 0 radical (unpaired) electrons. The fraction of sp³-hybridized carbons (Fsp3) is 0.182. The van der Waals surface area contributed by atoms with Crippen molar-refractivity contribution < 1.29 is 14.7 Å². The van der Waals surface area contributed by atoms with Gasteiger partial charge in [0.2, 0.25) is 5.91 Å². The molecule has 0 spiro atoms. The number of amides is 1. The summed E-state index contributed by atoms with van der Waals surface area (Å²) in [6, 6.07) is 6.25. The van der Waals surface area contributed by atoms with E-state index in [9.17, 15) is 14.7 Å². The molecule has 1 aromatic rings. The third-order valence-electron chi connectivity index (χ3n) is 2.36. The third kappa shape index (κ3) is 2.99. The lowest BCUT2D eigenvalue weighted by Gasteiger charge is -2.10. The van der Waals surface area contributed by atoms with Crippen LogP contribution >= 0.6 is 24.0 Å². The number of carboxylic acid groups (broad SMARTS) is 1. The van der Waals surface area contributed by atoms with Crippen molar-refractivity contribution in [1.82, 2.24) is 5.32 Å². The number of carbonyl (C=O) groups is 2. The number of carbonyl (C=O) groups excluding carboxylic acids is 2. The van der Waals surface area contributed by atoms with Gasteiger partial charge in [0, 0.05) is 12.2 Å². The topological polar surface area (TPSA) is 81.3 Å². The lowest BCUT2D eigenvalue weighted by atomic mass is 10.2. The van der Waals surface area contributed by atoms with Gasteiger partial charge in [-0.1, -0.05) is 36.1 Å². The number of thioether (sulfide) groups is 1. The Bertz CT molecular complexity index is 519. The van der Waals surface area contributed by atoms with Gasteiger partial charge in [-0.05, 0) is 17.7 Å². The summed E-state index contributed by atoms with van der Waals surface area (Å²) in [6.07, 6.45) is 0. The van der Waals surface area contributed by atoms with Gasteiger partial charge < -0.3 is 20.5 Å². The second kappa shape index (κ2) is 5.36. The molecule has 1 saturated heterocycles. The average Bonchev–Trinajstić information content (AvgIpc) is 2.65. The molecule has 1 aliphatic heterocycles. The maximum absolute atomic E-state index is 11.4. The Labute approximate surface area is 113 Å². The molecule has 2 N–H and O–H groups in total. The van der Waals surface area contributed by atoms with Crippen LogP contribution in [-0.2, 0) is 4.79 Å². The zero-order valence-corrected chi connectivity index (χ0v) is 10.8. The van der Waals surface area contributed by atoms with Crippen molar-refractivity contribution in [2.75, 3.05) is 11.9 Å². The van der Waals surface area contributed by atoms with Gasteiger partial charge in [0.15, 0.2) is 0 Å². The molecule has 0 bridgehead atoms. The quantitative estimate of drug-likeness (QED) is 0.755. The molecule has 94 valence electrons. The fourth-order valence-corrected chi connectivity index (χ4v) is 2.69. The molecule has 5 nitrogen and oxygen atoms in total. The molecule has 18 heavy (non-hydrogen) atoms. The zero-order chi connectivity index (χ0) is 13.1. The van der Waals surface area contributed by atoms with Crippen molar-refractivity contribution in [1.29, 1.82) is 0 Å². The van der Waals surface area contributed by atoms with E-state index >= 15 is 0 Å². The zero-order valence-electron chi connectivity index (χ0n) is 9.14. The van der Waals surface area contributed by atoms with E-state index in [1.165, 1.54) is 23.9 Å². The SMILES string of the molecule is O=C([O-])c1cccc(NC[C@@H]2SC(=S)NC2=O)c1. The van der Waals surface area contributed by atoms with Gasteiger partial charge in [0.1, 0.15) is 9.57 Å². The van der Waals surface area contributed by atoms with E-state index in [2.05, 4.69) is 10.6 Å². The maximum Gasteiger partial charge on any atom is 0.240 e. The van der Waals surface area contributed by atoms with E-state index in [1.807, 2.05) is 0 Å². The van der Waals surface area contributed by atoms with Crippen LogP contribution in [0.1, 0.15) is 10.4 Å². The Morgan fingerprint density at radius 1 is 1.56 bits per heavy atom. The second-order valence-corrected chi connectivity index (χ2v) is 5.51. The van der Waals surface area contributed by atoms with E-state index in [1.54, 1.807) is 12.1 Å². The predicted molar refractivity (Wildman–Crippen MR) is 71.4 cm³/mol. The highest BCUT2D eigenvalue weighted by Gasteiger charge is 2.28. The standard InChI is InChI=1S/C11H10N2O3S2/c14-9-8(18-11(17)13-9)5-12-7-3-1-2-6(4-7)10(15)16/h1-4,8,12H,5H2,(H,15,16)(H,13,14,17)/p-1/t8-/m0/s1. The van der Waals surface area contributed by atoms with Gasteiger partial charge >= 0.3 is 0 Å². The molecule has 1 amide bonds. The summed E-state index contributed by atoms with van der Waals surface area (Å²) in [5.74, 6) is -1.36. The second-order valence-electron chi connectivity index (χ2n) is 3.63. The van der Waals surface area contributed by atoms with Crippen LogP contribution in [0, 0.1) is 0 Å². The first-order valence-electron chi connectivity index (χ1n) is 5.13. The van der Waals surface area contributed by atoms with E-state index in [-0.39, 0.29) is 16.7 Å². The summed E-state index contributed by atoms with van der Waals surface area (Å²) in [7, 11) is 0. The van der Waals surface area contributed by atoms with Crippen LogP contribution in [0.4, 0.5) is 5.69 Å². The molecular formula is C11H9N2O3S2-. The molecule has 1 fully saturated rings. The van der Waals surface area contributed by atoms with Gasteiger partial charge in [-0.25, -0.2) is 0 Å². The number of thiocarbonyl (C=S) groups is 1. The van der Waals surface area contributed by atoms with Crippen molar-refractivity contribution in [2.45, 2.75) is 5.25 Å². The number of nitrogens with one attached hydrogen (secondary N) is 2.